The second-order valence-electron chi connectivity index (χ2n) is 13.8. The third-order valence-corrected chi connectivity index (χ3v) is 10.3. The van der Waals surface area contributed by atoms with E-state index in [4.69, 9.17) is 23.7 Å². The zero-order valence-electron chi connectivity index (χ0n) is 31.6. The highest BCUT2D eigenvalue weighted by molar-refractivity contribution is 6.38. The predicted molar refractivity (Wildman–Crippen MR) is 210 cm³/mol. The van der Waals surface area contributed by atoms with E-state index in [1.165, 1.54) is 33.5 Å². The van der Waals surface area contributed by atoms with Crippen molar-refractivity contribution in [3.8, 4) is 11.5 Å². The van der Waals surface area contributed by atoms with Gasteiger partial charge < -0.3 is 44.3 Å². The Balaban J connectivity index is 1.61. The molecule has 4 N–H and O–H groups in total. The quantitative estimate of drug-likeness (QED) is 0.0389. The van der Waals surface area contributed by atoms with Gasteiger partial charge in [0, 0.05) is 55.5 Å². The molecule has 0 saturated carbocycles. The van der Waals surface area contributed by atoms with Gasteiger partial charge in [0.05, 0.1) is 50.0 Å². The molecule has 6 rings (SSSR count). The minimum absolute atomic E-state index is 0.0753. The molecule has 0 aliphatic heterocycles. The molecule has 0 unspecified atom stereocenters. The summed E-state index contributed by atoms with van der Waals surface area (Å²) in [6, 6.07) is 2.67. The number of aromatic hydroxyl groups is 1. The van der Waals surface area contributed by atoms with Crippen LogP contribution in [0.25, 0.3) is 49.2 Å². The number of carbonyl (C=O) groups is 2. The Morgan fingerprint density at radius 1 is 0.727 bits per heavy atom. The number of aliphatic hydroxyl groups excluding tert-OH is 2. The number of carbonyl (C=O) groups excluding carboxylic acids is 2. The van der Waals surface area contributed by atoms with Crippen LogP contribution in [0.1, 0.15) is 66.8 Å². The number of nitrogens with one attached hydrogen (secondary N) is 1. The summed E-state index contributed by atoms with van der Waals surface area (Å²) in [6.07, 6.45) is 4.35. The smallest absolute Gasteiger partial charge is 0.305 e. The fourth-order valence-corrected chi connectivity index (χ4v) is 8.05. The van der Waals surface area contributed by atoms with Gasteiger partial charge in [-0.2, -0.15) is 0 Å². The monoisotopic (exact) mass is 757 g/mol. The molecule has 0 aromatic heterocycles. The maximum atomic E-state index is 14.3. The van der Waals surface area contributed by atoms with Gasteiger partial charge >= 0.3 is 11.9 Å². The van der Waals surface area contributed by atoms with E-state index in [0.717, 1.165) is 11.1 Å². The number of phenols is 1. The zero-order chi connectivity index (χ0) is 39.4. The second-order valence-corrected chi connectivity index (χ2v) is 13.8. The minimum Gasteiger partial charge on any atom is -0.507 e. The van der Waals surface area contributed by atoms with Crippen LogP contribution in [-0.2, 0) is 54.6 Å². The molecular weight excluding hydrogens is 710 g/mol. The number of phenolic OH excluding ortho intramolecular Hbond substituents is 1. The van der Waals surface area contributed by atoms with Crippen LogP contribution < -0.4 is 20.9 Å². The number of methoxy groups -OCH3 is 3. The molecule has 13 heteroatoms. The zero-order valence-corrected chi connectivity index (χ0v) is 31.6. The predicted octanol–water partition coefficient (Wildman–Crippen LogP) is 4.84. The molecule has 0 bridgehead atoms. The summed E-state index contributed by atoms with van der Waals surface area (Å²) >= 11 is 0. The van der Waals surface area contributed by atoms with Crippen molar-refractivity contribution in [1.29, 1.82) is 0 Å². The van der Waals surface area contributed by atoms with E-state index in [1.807, 2.05) is 13.0 Å². The molecule has 0 amide bonds. The Kier molecular flexibility index (Phi) is 12.4. The standard InChI is InChI=1S/C42H47NO12/c1-22-16-26-25(8-5-6-9-30(48)54-14-12-51-2)41(50)37-29(47)19-24(21-45)33-32-23(20-44)18-28(46)36-38(32)35(34(26)39(33)37)27(17-22)42(53-4)40(36)43-11-7-10-31(49)55-15-13-52-3/h16,18-19,43-45,50H,5-15,17,20-21H2,1-4H3. The van der Waals surface area contributed by atoms with Crippen LogP contribution in [-0.4, -0.2) is 81.6 Å². The third kappa shape index (κ3) is 7.37. The molecule has 13 nitrogen and oxygen atoms in total. The van der Waals surface area contributed by atoms with Crippen LogP contribution in [0.15, 0.2) is 27.3 Å². The molecule has 0 saturated heterocycles. The summed E-state index contributed by atoms with van der Waals surface area (Å²) in [4.78, 5) is 52.8. The summed E-state index contributed by atoms with van der Waals surface area (Å²) in [5.74, 6) is -0.494. The Hall–Kier alpha value is -5.08. The van der Waals surface area contributed by atoms with Crippen molar-refractivity contribution in [1.82, 2.24) is 0 Å². The van der Waals surface area contributed by atoms with E-state index in [-0.39, 0.29) is 54.6 Å². The Labute approximate surface area is 317 Å². The molecule has 0 fully saturated rings. The highest BCUT2D eigenvalue weighted by Gasteiger charge is 2.32. The number of aliphatic hydroxyl groups is 2. The average molecular weight is 758 g/mol. The Morgan fingerprint density at radius 2 is 1.31 bits per heavy atom. The molecule has 1 aliphatic carbocycles. The third-order valence-electron chi connectivity index (χ3n) is 10.3. The van der Waals surface area contributed by atoms with Crippen molar-refractivity contribution in [3.05, 3.63) is 66.0 Å². The van der Waals surface area contributed by atoms with Crippen LogP contribution >= 0.6 is 0 Å². The van der Waals surface area contributed by atoms with Crippen LogP contribution in [0.5, 0.6) is 11.5 Å². The maximum absolute atomic E-state index is 14.3. The lowest BCUT2D eigenvalue weighted by atomic mass is 9.80. The van der Waals surface area contributed by atoms with Crippen LogP contribution in [0.4, 0.5) is 5.69 Å². The number of fused-ring (bicyclic) bond motifs is 1. The normalized spacial score (nSPS) is 12.6. The van der Waals surface area contributed by atoms with Gasteiger partial charge in [0.2, 0.25) is 0 Å². The van der Waals surface area contributed by atoms with Crippen LogP contribution in [0.2, 0.25) is 0 Å². The SMILES string of the molecule is COCCOC(=O)CCCCc1c(O)c2c(=O)cc(CO)c3c4c(CO)cc(=O)c5c(NCCCC(=O)OCCOC)c(OC)c6c(c(c1C=C(C)C6)c23)c54. The van der Waals surface area contributed by atoms with Crippen molar-refractivity contribution in [2.24, 2.45) is 0 Å². The van der Waals surface area contributed by atoms with Crippen molar-refractivity contribution < 1.29 is 48.6 Å². The highest BCUT2D eigenvalue weighted by Crippen LogP contribution is 2.53. The Morgan fingerprint density at radius 3 is 1.89 bits per heavy atom. The lowest BCUT2D eigenvalue weighted by Crippen LogP contribution is -2.15. The second kappa shape index (κ2) is 17.2. The number of hydrogen-bond acceptors (Lipinski definition) is 13. The molecule has 5 aromatic rings. The molecule has 0 radical (unpaired) electrons. The molecular formula is C42H47NO12. The number of allylic oxidation sites excluding steroid dienone is 1. The van der Waals surface area contributed by atoms with Crippen molar-refractivity contribution in [2.75, 3.05) is 59.6 Å². The first-order valence-electron chi connectivity index (χ1n) is 18.5. The van der Waals surface area contributed by atoms with Gasteiger partial charge in [0.15, 0.2) is 10.9 Å². The van der Waals surface area contributed by atoms with Crippen molar-refractivity contribution >= 4 is 66.8 Å². The number of benzene rings is 5. The lowest BCUT2D eigenvalue weighted by molar-refractivity contribution is -0.145. The minimum atomic E-state index is -0.511. The van der Waals surface area contributed by atoms with Gasteiger partial charge in [0.1, 0.15) is 24.7 Å². The van der Waals surface area contributed by atoms with Crippen molar-refractivity contribution in [2.45, 2.75) is 65.1 Å². The number of esters is 2. The van der Waals surface area contributed by atoms with E-state index < -0.39 is 18.6 Å². The molecule has 292 valence electrons. The van der Waals surface area contributed by atoms with E-state index in [9.17, 15) is 34.5 Å². The number of unbranched alkanes of at least 4 members (excludes halogenated alkanes) is 1. The Bertz CT molecular complexity index is 2400. The van der Waals surface area contributed by atoms with Gasteiger partial charge in [-0.3, -0.25) is 19.2 Å². The summed E-state index contributed by atoms with van der Waals surface area (Å²) < 4.78 is 26.4. The largest absolute Gasteiger partial charge is 0.507 e. The van der Waals surface area contributed by atoms with E-state index >= 15 is 0 Å². The topological polar surface area (TPSA) is 187 Å². The van der Waals surface area contributed by atoms with Gasteiger partial charge in [-0.05, 0) is 89.4 Å². The summed E-state index contributed by atoms with van der Waals surface area (Å²) in [5.41, 5.74) is 3.03. The van der Waals surface area contributed by atoms with E-state index in [1.54, 1.807) is 0 Å². The summed E-state index contributed by atoms with van der Waals surface area (Å²) in [6.45, 7) is 2.14. The first-order chi connectivity index (χ1) is 26.6. The van der Waals surface area contributed by atoms with Gasteiger partial charge in [-0.25, -0.2) is 0 Å². The van der Waals surface area contributed by atoms with Crippen LogP contribution in [0.3, 0.4) is 0 Å². The molecule has 0 atom stereocenters. The number of rotatable bonds is 19. The number of hydrogen-bond donors (Lipinski definition) is 4. The molecule has 0 heterocycles. The first kappa shape index (κ1) is 39.6. The van der Waals surface area contributed by atoms with Crippen molar-refractivity contribution in [3.63, 3.8) is 0 Å². The first-order valence-corrected chi connectivity index (χ1v) is 18.5. The summed E-state index contributed by atoms with van der Waals surface area (Å²) in [7, 11) is 4.57. The van der Waals surface area contributed by atoms with E-state index in [2.05, 4.69) is 5.32 Å². The fraction of sp³-hybridized carbons (Fsp3) is 0.429. The average Bonchev–Trinajstić information content (AvgIpc) is 3.32. The molecule has 0 spiro atoms. The lowest BCUT2D eigenvalue weighted by Gasteiger charge is -2.25. The van der Waals surface area contributed by atoms with Gasteiger partial charge in [0.25, 0.3) is 0 Å². The van der Waals surface area contributed by atoms with Gasteiger partial charge in [-0.15, -0.1) is 0 Å². The van der Waals surface area contributed by atoms with Gasteiger partial charge in [-0.1, -0.05) is 11.6 Å². The number of anilines is 1. The molecule has 55 heavy (non-hydrogen) atoms. The number of ether oxygens (including phenoxy) is 5. The highest BCUT2D eigenvalue weighted by atomic mass is 16.6. The molecule has 5 aromatic carbocycles. The molecule has 1 aliphatic rings. The van der Waals surface area contributed by atoms with E-state index in [0.29, 0.717) is 123 Å². The summed E-state index contributed by atoms with van der Waals surface area (Å²) in [5, 5.41) is 40.5. The maximum Gasteiger partial charge on any atom is 0.305 e. The van der Waals surface area contributed by atoms with Crippen LogP contribution in [0, 0.1) is 0 Å². The fourth-order valence-electron chi connectivity index (χ4n) is 8.05.